The highest BCUT2D eigenvalue weighted by molar-refractivity contribution is 7.92. The fourth-order valence-electron chi connectivity index (χ4n) is 5.96. The molecule has 4 aromatic carbocycles. The molecule has 48 heavy (non-hydrogen) atoms. The minimum atomic E-state index is -4.45. The molecule has 11 heteroatoms. The Balaban J connectivity index is 1.60. The second-order valence-electron chi connectivity index (χ2n) is 12.0. The second kappa shape index (κ2) is 16.0. The Hall–Kier alpha value is -3.92. The van der Waals surface area contributed by atoms with Crippen LogP contribution in [0.25, 0.3) is 0 Å². The Kier molecular flexibility index (Phi) is 11.8. The summed E-state index contributed by atoms with van der Waals surface area (Å²) in [6.07, 6.45) is 4.85. The van der Waals surface area contributed by atoms with Gasteiger partial charge in [-0.05, 0) is 61.7 Å². The van der Waals surface area contributed by atoms with Crippen LogP contribution in [0.2, 0.25) is 10.0 Å². The molecule has 0 aliphatic heterocycles. The van der Waals surface area contributed by atoms with Gasteiger partial charge in [0.15, 0.2) is 0 Å². The second-order valence-corrected chi connectivity index (χ2v) is 14.7. The lowest BCUT2D eigenvalue weighted by Crippen LogP contribution is -2.55. The molecule has 1 unspecified atom stereocenters. The van der Waals surface area contributed by atoms with E-state index in [1.807, 2.05) is 37.3 Å². The van der Waals surface area contributed by atoms with E-state index in [-0.39, 0.29) is 45.5 Å². The third-order valence-electron chi connectivity index (χ3n) is 8.62. The molecule has 1 N–H and O–H groups in total. The van der Waals surface area contributed by atoms with E-state index in [4.69, 9.17) is 23.2 Å². The number of halogens is 3. The van der Waals surface area contributed by atoms with Crippen LogP contribution < -0.4 is 9.62 Å². The van der Waals surface area contributed by atoms with Gasteiger partial charge in [0.2, 0.25) is 11.8 Å². The first kappa shape index (κ1) is 35.4. The van der Waals surface area contributed by atoms with Gasteiger partial charge in [-0.1, -0.05) is 109 Å². The summed E-state index contributed by atoms with van der Waals surface area (Å²) in [7, 11) is -4.45. The standard InChI is InChI=1S/C37H38Cl2FN3O4S/c1-26-19-21-29(22-20-26)48(46,47)43(34-18-9-8-17-33(34)40)25-36(44)42(24-30-31(38)15-10-16-32(30)39)35(23-27-11-4-2-5-12-27)37(45)41-28-13-6-3-7-14-28/h2,4-5,8-12,15-22,28,35H,3,6-7,13-14,23-25H2,1H3,(H,41,45). The summed E-state index contributed by atoms with van der Waals surface area (Å²) in [5.41, 5.74) is 1.73. The van der Waals surface area contributed by atoms with E-state index in [1.54, 1.807) is 30.3 Å². The van der Waals surface area contributed by atoms with Gasteiger partial charge in [0.05, 0.1) is 10.6 Å². The predicted molar refractivity (Wildman–Crippen MR) is 188 cm³/mol. The lowest BCUT2D eigenvalue weighted by atomic mass is 9.94. The van der Waals surface area contributed by atoms with Crippen molar-refractivity contribution in [1.29, 1.82) is 0 Å². The normalized spacial score (nSPS) is 14.2. The van der Waals surface area contributed by atoms with E-state index >= 15 is 4.39 Å². The van der Waals surface area contributed by atoms with Crippen molar-refractivity contribution >= 4 is 50.7 Å². The number of aryl methyl sites for hydroxylation is 1. The number of amides is 2. The number of hydrogen-bond donors (Lipinski definition) is 1. The Morgan fingerprint density at radius 2 is 1.48 bits per heavy atom. The highest BCUT2D eigenvalue weighted by Gasteiger charge is 2.36. The van der Waals surface area contributed by atoms with Crippen molar-refractivity contribution in [2.75, 3.05) is 10.8 Å². The van der Waals surface area contributed by atoms with Crippen molar-refractivity contribution in [2.24, 2.45) is 0 Å². The summed E-state index contributed by atoms with van der Waals surface area (Å²) in [5, 5.41) is 3.72. The monoisotopic (exact) mass is 709 g/mol. The molecule has 1 aliphatic rings. The van der Waals surface area contributed by atoms with Gasteiger partial charge in [0.1, 0.15) is 18.4 Å². The van der Waals surface area contributed by atoms with Crippen molar-refractivity contribution < 1.29 is 22.4 Å². The van der Waals surface area contributed by atoms with Crippen LogP contribution in [0.5, 0.6) is 0 Å². The topological polar surface area (TPSA) is 86.8 Å². The number of carbonyl (C=O) groups is 2. The minimum Gasteiger partial charge on any atom is -0.352 e. The van der Waals surface area contributed by atoms with Crippen molar-refractivity contribution in [3.8, 4) is 0 Å². The first-order valence-corrected chi connectivity index (χ1v) is 18.1. The Bertz CT molecular complexity index is 1820. The average molecular weight is 711 g/mol. The van der Waals surface area contributed by atoms with Crippen molar-refractivity contribution in [3.63, 3.8) is 0 Å². The number of benzene rings is 4. The van der Waals surface area contributed by atoms with Crippen LogP contribution in [-0.2, 0) is 32.6 Å². The van der Waals surface area contributed by atoms with E-state index in [0.717, 1.165) is 53.6 Å². The largest absolute Gasteiger partial charge is 0.352 e. The molecule has 2 amide bonds. The first-order chi connectivity index (χ1) is 23.0. The molecule has 7 nitrogen and oxygen atoms in total. The zero-order chi connectivity index (χ0) is 34.3. The molecule has 5 rings (SSSR count). The molecule has 0 aromatic heterocycles. The summed E-state index contributed by atoms with van der Waals surface area (Å²) in [4.78, 5) is 30.1. The van der Waals surface area contributed by atoms with Gasteiger partial charge < -0.3 is 10.2 Å². The van der Waals surface area contributed by atoms with Gasteiger partial charge in [0, 0.05) is 34.6 Å². The van der Waals surface area contributed by atoms with Crippen LogP contribution in [0, 0.1) is 12.7 Å². The maximum absolute atomic E-state index is 15.4. The number of nitrogens with zero attached hydrogens (tertiary/aromatic N) is 2. The smallest absolute Gasteiger partial charge is 0.264 e. The molecule has 0 bridgehead atoms. The SMILES string of the molecule is Cc1ccc(S(=O)(=O)N(CC(=O)N(Cc2c(Cl)cccc2Cl)C(Cc2ccccc2)C(=O)NC2CCCCC2)c2ccccc2F)cc1. The number of para-hydroxylation sites is 1. The average Bonchev–Trinajstić information content (AvgIpc) is 3.07. The number of rotatable bonds is 12. The summed E-state index contributed by atoms with van der Waals surface area (Å²) in [5.74, 6) is -1.93. The van der Waals surface area contributed by atoms with Gasteiger partial charge in [-0.25, -0.2) is 12.8 Å². The molecule has 4 aromatic rings. The lowest BCUT2D eigenvalue weighted by molar-refractivity contribution is -0.140. The van der Waals surface area contributed by atoms with Gasteiger partial charge in [-0.2, -0.15) is 0 Å². The molecule has 1 saturated carbocycles. The molecular weight excluding hydrogens is 672 g/mol. The summed E-state index contributed by atoms with van der Waals surface area (Å²) in [6, 6.07) is 24.5. The van der Waals surface area contributed by atoms with E-state index in [0.29, 0.717) is 5.56 Å². The fraction of sp³-hybridized carbons (Fsp3) is 0.297. The molecule has 252 valence electrons. The third kappa shape index (κ3) is 8.56. The van der Waals surface area contributed by atoms with Crippen molar-refractivity contribution in [1.82, 2.24) is 10.2 Å². The molecule has 0 spiro atoms. The number of nitrogens with one attached hydrogen (secondary N) is 1. The van der Waals surface area contributed by atoms with E-state index in [1.165, 1.54) is 35.2 Å². The van der Waals surface area contributed by atoms with Crippen LogP contribution in [0.1, 0.15) is 48.8 Å². The molecule has 0 saturated heterocycles. The quantitative estimate of drug-likeness (QED) is 0.163. The Morgan fingerprint density at radius 3 is 2.12 bits per heavy atom. The highest BCUT2D eigenvalue weighted by atomic mass is 35.5. The lowest BCUT2D eigenvalue weighted by Gasteiger charge is -2.35. The minimum absolute atomic E-state index is 0.0535. The third-order valence-corrected chi connectivity index (χ3v) is 11.1. The van der Waals surface area contributed by atoms with Crippen LogP contribution in [0.3, 0.4) is 0 Å². The Morgan fingerprint density at radius 1 is 0.854 bits per heavy atom. The molecule has 0 radical (unpaired) electrons. The fourth-order valence-corrected chi connectivity index (χ4v) is 7.90. The summed E-state index contributed by atoms with van der Waals surface area (Å²) >= 11 is 13.2. The van der Waals surface area contributed by atoms with Gasteiger partial charge >= 0.3 is 0 Å². The molecular formula is C37H38Cl2FN3O4S. The van der Waals surface area contributed by atoms with Crippen LogP contribution in [0.15, 0.2) is 102 Å². The van der Waals surface area contributed by atoms with Gasteiger partial charge in [-0.3, -0.25) is 13.9 Å². The molecule has 1 aliphatic carbocycles. The van der Waals surface area contributed by atoms with Crippen LogP contribution in [-0.4, -0.2) is 43.8 Å². The van der Waals surface area contributed by atoms with Gasteiger partial charge in [-0.15, -0.1) is 0 Å². The number of anilines is 1. The molecule has 1 fully saturated rings. The predicted octanol–water partition coefficient (Wildman–Crippen LogP) is 7.73. The first-order valence-electron chi connectivity index (χ1n) is 15.9. The molecule has 0 heterocycles. The maximum atomic E-state index is 15.4. The highest BCUT2D eigenvalue weighted by Crippen LogP contribution is 2.30. The molecule has 1 atom stereocenters. The van der Waals surface area contributed by atoms with E-state index < -0.39 is 34.3 Å². The maximum Gasteiger partial charge on any atom is 0.264 e. The van der Waals surface area contributed by atoms with E-state index in [2.05, 4.69) is 5.32 Å². The summed E-state index contributed by atoms with van der Waals surface area (Å²) in [6.45, 7) is 0.835. The Labute approximate surface area is 291 Å². The van der Waals surface area contributed by atoms with Crippen LogP contribution >= 0.6 is 23.2 Å². The van der Waals surface area contributed by atoms with Gasteiger partial charge in [0.25, 0.3) is 10.0 Å². The van der Waals surface area contributed by atoms with Crippen molar-refractivity contribution in [3.05, 3.63) is 130 Å². The number of hydrogen-bond acceptors (Lipinski definition) is 4. The van der Waals surface area contributed by atoms with E-state index in [9.17, 15) is 18.0 Å². The van der Waals surface area contributed by atoms with Crippen LogP contribution in [0.4, 0.5) is 10.1 Å². The zero-order valence-corrected chi connectivity index (χ0v) is 28.9. The number of sulfonamides is 1. The zero-order valence-electron chi connectivity index (χ0n) is 26.6. The summed E-state index contributed by atoms with van der Waals surface area (Å²) < 4.78 is 44.4. The van der Waals surface area contributed by atoms with Crippen molar-refractivity contribution in [2.45, 2.75) is 69.0 Å². The number of carbonyl (C=O) groups excluding carboxylic acids is 2.